The van der Waals surface area contributed by atoms with Crippen LogP contribution in [0.4, 0.5) is 13.2 Å². The van der Waals surface area contributed by atoms with Crippen molar-refractivity contribution in [2.75, 3.05) is 0 Å². The van der Waals surface area contributed by atoms with E-state index in [1.54, 1.807) is 31.2 Å². The minimum atomic E-state index is -4.45. The molecule has 3 aromatic rings. The summed E-state index contributed by atoms with van der Waals surface area (Å²) >= 11 is 0. The van der Waals surface area contributed by atoms with Crippen LogP contribution in [0.3, 0.4) is 0 Å². The number of fused-ring (bicyclic) bond motifs is 1. The fourth-order valence-electron chi connectivity index (χ4n) is 4.14. The number of nitrogens with zero attached hydrogens (tertiary/aromatic N) is 1. The fraction of sp³-hybridized carbons (Fsp3) is 0.417. The van der Waals surface area contributed by atoms with Crippen LogP contribution in [-0.4, -0.2) is 18.2 Å². The molecule has 1 aromatic heterocycles. The van der Waals surface area contributed by atoms with Crippen molar-refractivity contribution >= 4 is 20.9 Å². The molecule has 1 aliphatic rings. The smallest absolute Gasteiger partial charge is 0.347 e. The molecule has 0 bridgehead atoms. The lowest BCUT2D eigenvalue weighted by Gasteiger charge is -2.14. The largest absolute Gasteiger partial charge is 0.417 e. The highest BCUT2D eigenvalue weighted by Crippen LogP contribution is 2.39. The lowest BCUT2D eigenvalue weighted by atomic mass is 9.97. The van der Waals surface area contributed by atoms with Crippen molar-refractivity contribution in [1.29, 1.82) is 0 Å². The van der Waals surface area contributed by atoms with Gasteiger partial charge in [-0.3, -0.25) is 0 Å². The number of nitrogens with one attached hydrogen (secondary N) is 1. The molecule has 0 aliphatic heterocycles. The number of alkyl halides is 3. The van der Waals surface area contributed by atoms with E-state index in [0.717, 1.165) is 22.5 Å². The molecule has 4 rings (SSSR count). The third-order valence-electron chi connectivity index (χ3n) is 5.79. The summed E-state index contributed by atoms with van der Waals surface area (Å²) in [7, 11) is -3.37. The van der Waals surface area contributed by atoms with E-state index in [1.807, 2.05) is 10.8 Å². The topological polar surface area (TPSA) is 51.1 Å². The first kappa shape index (κ1) is 22.9. The van der Waals surface area contributed by atoms with Crippen LogP contribution in [0.25, 0.3) is 22.0 Å². The van der Waals surface area contributed by atoms with Gasteiger partial charge in [0.15, 0.2) is 0 Å². The summed E-state index contributed by atoms with van der Waals surface area (Å²) in [5.74, 6) is 0.308. The van der Waals surface area contributed by atoms with Gasteiger partial charge >= 0.3 is 6.18 Å². The highest BCUT2D eigenvalue weighted by atomic mass is 32.2. The van der Waals surface area contributed by atoms with E-state index in [-0.39, 0.29) is 10.8 Å². The van der Waals surface area contributed by atoms with Crippen LogP contribution in [0.1, 0.15) is 50.8 Å². The Balaban J connectivity index is 1.81. The van der Waals surface area contributed by atoms with E-state index >= 15 is 0 Å². The van der Waals surface area contributed by atoms with Crippen molar-refractivity contribution in [3.8, 4) is 11.1 Å². The summed E-state index contributed by atoms with van der Waals surface area (Å²) in [5, 5.41) is 0.518. The molecule has 172 valence electrons. The molecule has 0 spiro atoms. The Hall–Kier alpha value is -2.32. The van der Waals surface area contributed by atoms with Gasteiger partial charge in [-0.2, -0.15) is 13.2 Å². The van der Waals surface area contributed by atoms with Crippen molar-refractivity contribution in [3.63, 3.8) is 0 Å². The molecule has 32 heavy (non-hydrogen) atoms. The Bertz CT molecular complexity index is 1240. The summed E-state index contributed by atoms with van der Waals surface area (Å²) in [6.45, 7) is 6.60. The predicted octanol–water partition coefficient (Wildman–Crippen LogP) is 6.13. The zero-order valence-electron chi connectivity index (χ0n) is 18.3. The maximum absolute atomic E-state index is 13.6. The number of rotatable bonds is 7. The van der Waals surface area contributed by atoms with Crippen molar-refractivity contribution in [1.82, 2.24) is 9.29 Å². The molecule has 4 nitrogen and oxygen atoms in total. The summed E-state index contributed by atoms with van der Waals surface area (Å²) in [6, 6.07) is 10.4. The SMILES string of the molecule is CC(C)Cn1cc([C@H](C)NS(=O)(=O)C2CC2)c2ccc(-c3ccccc3C(F)(F)F)cc21. The first-order valence-corrected chi connectivity index (χ1v) is 12.3. The number of hydrogen-bond donors (Lipinski definition) is 1. The van der Waals surface area contributed by atoms with Gasteiger partial charge in [0, 0.05) is 29.7 Å². The van der Waals surface area contributed by atoms with E-state index in [2.05, 4.69) is 18.6 Å². The highest BCUT2D eigenvalue weighted by Gasteiger charge is 2.37. The molecule has 1 fully saturated rings. The van der Waals surface area contributed by atoms with E-state index < -0.39 is 27.8 Å². The molecule has 0 saturated heterocycles. The molecule has 1 N–H and O–H groups in total. The molecule has 0 radical (unpaired) electrons. The van der Waals surface area contributed by atoms with E-state index in [0.29, 0.717) is 30.9 Å². The minimum absolute atomic E-state index is 0.128. The van der Waals surface area contributed by atoms with Crippen LogP contribution in [0, 0.1) is 5.92 Å². The van der Waals surface area contributed by atoms with Crippen molar-refractivity contribution < 1.29 is 21.6 Å². The lowest BCUT2D eigenvalue weighted by molar-refractivity contribution is -0.137. The van der Waals surface area contributed by atoms with E-state index in [1.165, 1.54) is 12.1 Å². The molecular weight excluding hydrogens is 437 g/mol. The van der Waals surface area contributed by atoms with Crippen LogP contribution in [0.15, 0.2) is 48.7 Å². The number of hydrogen-bond acceptors (Lipinski definition) is 2. The van der Waals surface area contributed by atoms with Gasteiger partial charge in [0.1, 0.15) is 0 Å². The Morgan fingerprint density at radius 3 is 2.41 bits per heavy atom. The van der Waals surface area contributed by atoms with Gasteiger partial charge in [-0.15, -0.1) is 0 Å². The Kier molecular flexibility index (Phi) is 5.88. The van der Waals surface area contributed by atoms with Crippen molar-refractivity contribution in [2.45, 2.75) is 57.6 Å². The molecule has 1 aliphatic carbocycles. The molecule has 1 atom stereocenters. The standard InChI is InChI=1S/C24H27F3N2O2S/c1-15(2)13-29-14-21(16(3)28-32(30,31)18-9-10-18)20-11-8-17(12-23(20)29)19-6-4-5-7-22(19)24(25,26)27/h4-8,11-12,14-16,18,28H,9-10,13H2,1-3H3/t16-/m0/s1. The van der Waals surface area contributed by atoms with Crippen LogP contribution < -0.4 is 4.72 Å². The van der Waals surface area contributed by atoms with Crippen LogP contribution in [0.2, 0.25) is 0 Å². The maximum Gasteiger partial charge on any atom is 0.417 e. The Morgan fingerprint density at radius 1 is 1.09 bits per heavy atom. The van der Waals surface area contributed by atoms with Crippen LogP contribution in [-0.2, 0) is 22.7 Å². The first-order valence-electron chi connectivity index (χ1n) is 10.8. The van der Waals surface area contributed by atoms with Gasteiger partial charge in [-0.1, -0.05) is 44.2 Å². The third kappa shape index (κ3) is 4.57. The zero-order chi connectivity index (χ0) is 23.3. The lowest BCUT2D eigenvalue weighted by Crippen LogP contribution is -2.29. The van der Waals surface area contributed by atoms with Crippen molar-refractivity contribution in [3.05, 3.63) is 59.8 Å². The summed E-state index contributed by atoms with van der Waals surface area (Å²) < 4.78 is 70.4. The van der Waals surface area contributed by atoms with Gasteiger partial charge in [0.25, 0.3) is 0 Å². The second kappa shape index (κ2) is 8.23. The zero-order valence-corrected chi connectivity index (χ0v) is 19.1. The monoisotopic (exact) mass is 464 g/mol. The number of benzene rings is 2. The van der Waals surface area contributed by atoms with Gasteiger partial charge in [-0.25, -0.2) is 13.1 Å². The summed E-state index contributed by atoms with van der Waals surface area (Å²) in [5.41, 5.74) is 1.54. The van der Waals surface area contributed by atoms with Crippen LogP contribution in [0.5, 0.6) is 0 Å². The molecule has 2 aromatic carbocycles. The normalized spacial score (nSPS) is 16.1. The second-order valence-corrected chi connectivity index (χ2v) is 11.0. The van der Waals surface area contributed by atoms with Gasteiger partial charge in [0.2, 0.25) is 10.0 Å². The fourth-order valence-corrected chi connectivity index (χ4v) is 5.71. The second-order valence-electron chi connectivity index (χ2n) is 8.99. The predicted molar refractivity (Wildman–Crippen MR) is 121 cm³/mol. The summed E-state index contributed by atoms with van der Waals surface area (Å²) in [6.07, 6.45) is -1.17. The molecule has 8 heteroatoms. The van der Waals surface area contributed by atoms with Gasteiger partial charge in [-0.05, 0) is 54.5 Å². The maximum atomic E-state index is 13.6. The number of aromatic nitrogens is 1. The molecule has 0 unspecified atom stereocenters. The number of halogens is 3. The van der Waals surface area contributed by atoms with Gasteiger partial charge < -0.3 is 4.57 Å². The summed E-state index contributed by atoms with van der Waals surface area (Å²) in [4.78, 5) is 0. The van der Waals surface area contributed by atoms with Crippen molar-refractivity contribution in [2.24, 2.45) is 5.92 Å². The van der Waals surface area contributed by atoms with E-state index in [4.69, 9.17) is 0 Å². The Morgan fingerprint density at radius 2 is 1.78 bits per heavy atom. The third-order valence-corrected chi connectivity index (χ3v) is 7.82. The number of sulfonamides is 1. The highest BCUT2D eigenvalue weighted by molar-refractivity contribution is 7.90. The quantitative estimate of drug-likeness (QED) is 0.458. The molecule has 0 amide bonds. The van der Waals surface area contributed by atoms with E-state index in [9.17, 15) is 21.6 Å². The average Bonchev–Trinajstić information content (AvgIpc) is 3.51. The van der Waals surface area contributed by atoms with Crippen LogP contribution >= 0.6 is 0 Å². The average molecular weight is 465 g/mol. The Labute approximate surface area is 186 Å². The minimum Gasteiger partial charge on any atom is -0.347 e. The molecule has 1 heterocycles. The molecule has 1 saturated carbocycles. The van der Waals surface area contributed by atoms with Gasteiger partial charge in [0.05, 0.1) is 10.8 Å². The molecular formula is C24H27F3N2O2S. The first-order chi connectivity index (χ1) is 15.0.